The Morgan fingerprint density at radius 1 is 1.03 bits per heavy atom. The molecule has 1 aliphatic carbocycles. The number of carbonyl (C=O) groups is 2. The van der Waals surface area contributed by atoms with Crippen LogP contribution in [-0.2, 0) is 9.53 Å². The van der Waals surface area contributed by atoms with E-state index in [1.165, 1.54) is 31.0 Å². The van der Waals surface area contributed by atoms with Gasteiger partial charge in [-0.1, -0.05) is 31.0 Å². The van der Waals surface area contributed by atoms with Crippen molar-refractivity contribution in [3.8, 4) is 0 Å². The van der Waals surface area contributed by atoms with Gasteiger partial charge in [0.15, 0.2) is 5.16 Å². The van der Waals surface area contributed by atoms with Gasteiger partial charge < -0.3 is 19.1 Å². The third kappa shape index (κ3) is 5.87. The van der Waals surface area contributed by atoms with Gasteiger partial charge in [-0.15, -0.1) is 10.2 Å². The SMILES string of the molecule is Cc1nnc(SCC(=O)N2CCN(C(=O)OC(C)(C)C)CC2)n1C1CCCCC1. The Bertz CT molecular complexity index is 716. The molecule has 1 saturated heterocycles. The second kappa shape index (κ2) is 9.36. The fourth-order valence-corrected chi connectivity index (χ4v) is 4.84. The largest absolute Gasteiger partial charge is 0.444 e. The topological polar surface area (TPSA) is 80.6 Å². The summed E-state index contributed by atoms with van der Waals surface area (Å²) in [4.78, 5) is 28.3. The minimum absolute atomic E-state index is 0.0784. The van der Waals surface area contributed by atoms with E-state index in [0.717, 1.165) is 23.8 Å². The lowest BCUT2D eigenvalue weighted by molar-refractivity contribution is -0.130. The first kappa shape index (κ1) is 21.9. The normalized spacial score (nSPS) is 18.8. The van der Waals surface area contributed by atoms with Crippen molar-refractivity contribution in [2.45, 2.75) is 76.6 Å². The van der Waals surface area contributed by atoms with Gasteiger partial charge in [0.1, 0.15) is 11.4 Å². The maximum atomic E-state index is 12.7. The molecular weight excluding hydrogens is 390 g/mol. The number of rotatable bonds is 4. The minimum Gasteiger partial charge on any atom is -0.444 e. The lowest BCUT2D eigenvalue weighted by Gasteiger charge is -2.35. The number of nitrogens with zero attached hydrogens (tertiary/aromatic N) is 5. The van der Waals surface area contributed by atoms with Gasteiger partial charge in [-0.3, -0.25) is 4.79 Å². The molecule has 0 bridgehead atoms. The zero-order valence-electron chi connectivity index (χ0n) is 18.0. The molecule has 0 atom stereocenters. The Balaban J connectivity index is 1.49. The summed E-state index contributed by atoms with van der Waals surface area (Å²) >= 11 is 1.47. The summed E-state index contributed by atoms with van der Waals surface area (Å²) in [6.07, 6.45) is 5.80. The number of ether oxygens (including phenoxy) is 1. The van der Waals surface area contributed by atoms with Crippen molar-refractivity contribution in [2.24, 2.45) is 0 Å². The molecule has 2 fully saturated rings. The highest BCUT2D eigenvalue weighted by atomic mass is 32.2. The van der Waals surface area contributed by atoms with E-state index in [1.807, 2.05) is 32.6 Å². The van der Waals surface area contributed by atoms with Gasteiger partial charge in [0.25, 0.3) is 0 Å². The first-order chi connectivity index (χ1) is 13.7. The number of hydrogen-bond acceptors (Lipinski definition) is 6. The minimum atomic E-state index is -0.507. The lowest BCUT2D eigenvalue weighted by atomic mass is 9.95. The van der Waals surface area contributed by atoms with Crippen LogP contribution in [0.15, 0.2) is 5.16 Å². The highest BCUT2D eigenvalue weighted by Crippen LogP contribution is 2.32. The van der Waals surface area contributed by atoms with Crippen LogP contribution in [0.2, 0.25) is 0 Å². The van der Waals surface area contributed by atoms with Crippen molar-refractivity contribution in [3.63, 3.8) is 0 Å². The van der Waals surface area contributed by atoms with Crippen LogP contribution in [0, 0.1) is 6.92 Å². The molecule has 0 unspecified atom stereocenters. The second-order valence-electron chi connectivity index (χ2n) is 8.83. The monoisotopic (exact) mass is 423 g/mol. The molecule has 0 radical (unpaired) electrons. The van der Waals surface area contributed by atoms with E-state index in [9.17, 15) is 9.59 Å². The molecule has 0 N–H and O–H groups in total. The number of amides is 2. The van der Waals surface area contributed by atoms with E-state index in [-0.39, 0.29) is 12.0 Å². The van der Waals surface area contributed by atoms with Crippen molar-refractivity contribution in [2.75, 3.05) is 31.9 Å². The average Bonchev–Trinajstić information content (AvgIpc) is 3.06. The van der Waals surface area contributed by atoms with Gasteiger partial charge in [0.05, 0.1) is 5.75 Å². The zero-order chi connectivity index (χ0) is 21.0. The van der Waals surface area contributed by atoms with Crippen molar-refractivity contribution in [1.82, 2.24) is 24.6 Å². The molecule has 2 aliphatic rings. The summed E-state index contributed by atoms with van der Waals surface area (Å²) in [5.41, 5.74) is -0.507. The Labute approximate surface area is 177 Å². The molecule has 1 aliphatic heterocycles. The molecule has 2 heterocycles. The van der Waals surface area contributed by atoms with Crippen LogP contribution >= 0.6 is 11.8 Å². The van der Waals surface area contributed by atoms with E-state index >= 15 is 0 Å². The molecule has 29 heavy (non-hydrogen) atoms. The first-order valence-corrected chi connectivity index (χ1v) is 11.5. The molecule has 1 aromatic heterocycles. The van der Waals surface area contributed by atoms with Crippen LogP contribution in [0.3, 0.4) is 0 Å². The highest BCUT2D eigenvalue weighted by Gasteiger charge is 2.28. The number of hydrogen-bond donors (Lipinski definition) is 0. The number of aryl methyl sites for hydroxylation is 1. The lowest BCUT2D eigenvalue weighted by Crippen LogP contribution is -2.52. The van der Waals surface area contributed by atoms with Crippen LogP contribution in [0.25, 0.3) is 0 Å². The molecular formula is C20H33N5O3S. The van der Waals surface area contributed by atoms with E-state index in [4.69, 9.17) is 4.74 Å². The summed E-state index contributed by atoms with van der Waals surface area (Å²) in [7, 11) is 0. The average molecular weight is 424 g/mol. The standard InChI is InChI=1S/C20H33N5O3S/c1-15-21-22-18(25(15)16-8-6-5-7-9-16)29-14-17(26)23-10-12-24(13-11-23)19(27)28-20(2,3)4/h16H,5-14H2,1-4H3. The van der Waals surface area contributed by atoms with Crippen molar-refractivity contribution >= 4 is 23.8 Å². The Kier molecular flexibility index (Phi) is 7.08. The molecule has 9 heteroatoms. The maximum absolute atomic E-state index is 12.7. The second-order valence-corrected chi connectivity index (χ2v) is 9.77. The molecule has 1 aromatic rings. The van der Waals surface area contributed by atoms with Gasteiger partial charge in [0.2, 0.25) is 5.91 Å². The third-order valence-corrected chi connectivity index (χ3v) is 6.31. The number of piperazine rings is 1. The van der Waals surface area contributed by atoms with E-state index in [0.29, 0.717) is 38.0 Å². The smallest absolute Gasteiger partial charge is 0.410 e. The van der Waals surface area contributed by atoms with Gasteiger partial charge in [-0.2, -0.15) is 0 Å². The van der Waals surface area contributed by atoms with Gasteiger partial charge >= 0.3 is 6.09 Å². The van der Waals surface area contributed by atoms with E-state index in [2.05, 4.69) is 14.8 Å². The quantitative estimate of drug-likeness (QED) is 0.692. The fraction of sp³-hybridized carbons (Fsp3) is 0.800. The van der Waals surface area contributed by atoms with Crippen LogP contribution in [-0.4, -0.2) is 74.1 Å². The first-order valence-electron chi connectivity index (χ1n) is 10.5. The Morgan fingerprint density at radius 2 is 1.66 bits per heavy atom. The zero-order valence-corrected chi connectivity index (χ0v) is 18.8. The van der Waals surface area contributed by atoms with Gasteiger partial charge in [-0.05, 0) is 40.5 Å². The molecule has 0 aromatic carbocycles. The van der Waals surface area contributed by atoms with Gasteiger partial charge in [-0.25, -0.2) is 4.79 Å². The predicted molar refractivity (Wildman–Crippen MR) is 112 cm³/mol. The summed E-state index contributed by atoms with van der Waals surface area (Å²) in [6, 6.07) is 0.453. The Hall–Kier alpha value is -1.77. The third-order valence-electron chi connectivity index (χ3n) is 5.38. The maximum Gasteiger partial charge on any atom is 0.410 e. The summed E-state index contributed by atoms with van der Waals surface area (Å²) < 4.78 is 7.63. The number of aromatic nitrogens is 3. The van der Waals surface area contributed by atoms with Crippen LogP contribution in [0.4, 0.5) is 4.79 Å². The van der Waals surface area contributed by atoms with E-state index in [1.54, 1.807) is 4.90 Å². The molecule has 0 spiro atoms. The molecule has 3 rings (SSSR count). The molecule has 162 valence electrons. The fourth-order valence-electron chi connectivity index (χ4n) is 3.89. The molecule has 8 nitrogen and oxygen atoms in total. The Morgan fingerprint density at radius 3 is 2.28 bits per heavy atom. The van der Waals surface area contributed by atoms with Crippen molar-refractivity contribution in [3.05, 3.63) is 5.82 Å². The summed E-state index contributed by atoms with van der Waals surface area (Å²) in [5.74, 6) is 1.35. The van der Waals surface area contributed by atoms with Crippen LogP contribution in [0.1, 0.15) is 64.7 Å². The van der Waals surface area contributed by atoms with Crippen molar-refractivity contribution < 1.29 is 14.3 Å². The van der Waals surface area contributed by atoms with Crippen LogP contribution < -0.4 is 0 Å². The predicted octanol–water partition coefficient (Wildman–Crippen LogP) is 3.26. The van der Waals surface area contributed by atoms with Crippen molar-refractivity contribution in [1.29, 1.82) is 0 Å². The highest BCUT2D eigenvalue weighted by molar-refractivity contribution is 7.99. The molecule has 1 saturated carbocycles. The van der Waals surface area contributed by atoms with Gasteiger partial charge in [0, 0.05) is 32.2 Å². The van der Waals surface area contributed by atoms with Crippen LogP contribution in [0.5, 0.6) is 0 Å². The number of thioether (sulfide) groups is 1. The summed E-state index contributed by atoms with van der Waals surface area (Å²) in [6.45, 7) is 9.63. The molecule has 2 amide bonds. The van der Waals surface area contributed by atoms with E-state index < -0.39 is 5.60 Å². The summed E-state index contributed by atoms with van der Waals surface area (Å²) in [5, 5.41) is 9.41. The number of carbonyl (C=O) groups excluding carboxylic acids is 2.